The molecule has 1 unspecified atom stereocenters. The molecular formula is C21H19N3O3S2. The van der Waals surface area contributed by atoms with Crippen molar-refractivity contribution in [3.63, 3.8) is 0 Å². The molecule has 0 fully saturated rings. The van der Waals surface area contributed by atoms with E-state index >= 15 is 0 Å². The first-order valence-electron chi connectivity index (χ1n) is 8.97. The van der Waals surface area contributed by atoms with Gasteiger partial charge in [0.15, 0.2) is 0 Å². The van der Waals surface area contributed by atoms with Crippen LogP contribution < -0.4 is 0 Å². The van der Waals surface area contributed by atoms with E-state index in [0.29, 0.717) is 16.7 Å². The van der Waals surface area contributed by atoms with Crippen LogP contribution in [-0.2, 0) is 26.6 Å². The summed E-state index contributed by atoms with van der Waals surface area (Å²) in [6.07, 6.45) is 1.67. The number of rotatable bonds is 5. The zero-order valence-electron chi connectivity index (χ0n) is 15.9. The molecule has 0 bridgehead atoms. The van der Waals surface area contributed by atoms with E-state index in [2.05, 4.69) is 9.97 Å². The van der Waals surface area contributed by atoms with Crippen molar-refractivity contribution in [3.8, 4) is 0 Å². The number of hydrogen-bond acceptors (Lipinski definition) is 5. The van der Waals surface area contributed by atoms with E-state index in [-0.39, 0.29) is 15.8 Å². The normalized spacial score (nSPS) is 12.9. The van der Waals surface area contributed by atoms with Crippen molar-refractivity contribution >= 4 is 31.9 Å². The molecular weight excluding hydrogens is 406 g/mol. The Morgan fingerprint density at radius 3 is 2.41 bits per heavy atom. The summed E-state index contributed by atoms with van der Waals surface area (Å²) in [5, 5.41) is -0.00207. The average Bonchev–Trinajstić information content (AvgIpc) is 3.13. The topological polar surface area (TPSA) is 81.9 Å². The van der Waals surface area contributed by atoms with Crippen LogP contribution in [0.15, 0.2) is 76.9 Å². The van der Waals surface area contributed by atoms with Crippen molar-refractivity contribution < 1.29 is 12.6 Å². The van der Waals surface area contributed by atoms with Gasteiger partial charge in [-0.15, -0.1) is 0 Å². The van der Waals surface area contributed by atoms with Gasteiger partial charge < -0.3 is 0 Å². The van der Waals surface area contributed by atoms with E-state index in [4.69, 9.17) is 0 Å². The second kappa shape index (κ2) is 7.53. The quantitative estimate of drug-likeness (QED) is 0.488. The molecule has 0 N–H and O–H groups in total. The van der Waals surface area contributed by atoms with Crippen LogP contribution >= 0.6 is 0 Å². The Bertz CT molecular complexity index is 1330. The van der Waals surface area contributed by atoms with Crippen LogP contribution in [0.25, 0.3) is 11.0 Å². The van der Waals surface area contributed by atoms with Gasteiger partial charge in [-0.3, -0.25) is 9.19 Å². The van der Waals surface area contributed by atoms with E-state index in [1.165, 1.54) is 12.1 Å². The van der Waals surface area contributed by atoms with E-state index in [1.54, 1.807) is 48.7 Å². The minimum Gasteiger partial charge on any atom is -0.260 e. The van der Waals surface area contributed by atoms with Crippen LogP contribution in [0.2, 0.25) is 0 Å². The lowest BCUT2D eigenvalue weighted by Gasteiger charge is -2.11. The Hall–Kier alpha value is -2.84. The molecule has 0 aliphatic heterocycles. The van der Waals surface area contributed by atoms with Crippen molar-refractivity contribution in [1.29, 1.82) is 0 Å². The number of para-hydroxylation sites is 2. The number of benzene rings is 2. The van der Waals surface area contributed by atoms with Crippen molar-refractivity contribution in [3.05, 3.63) is 83.7 Å². The highest BCUT2D eigenvalue weighted by Crippen LogP contribution is 2.26. The van der Waals surface area contributed by atoms with Crippen LogP contribution in [0.4, 0.5) is 0 Å². The molecule has 2 aromatic carbocycles. The van der Waals surface area contributed by atoms with Crippen LogP contribution in [0, 0.1) is 13.8 Å². The van der Waals surface area contributed by atoms with Gasteiger partial charge in [0.1, 0.15) is 0 Å². The van der Waals surface area contributed by atoms with Gasteiger partial charge in [0.05, 0.1) is 38.2 Å². The third kappa shape index (κ3) is 3.49. The van der Waals surface area contributed by atoms with Crippen molar-refractivity contribution in [2.45, 2.75) is 29.7 Å². The van der Waals surface area contributed by atoms with Gasteiger partial charge in [0.2, 0.25) is 5.16 Å². The molecule has 29 heavy (non-hydrogen) atoms. The first kappa shape index (κ1) is 19.5. The molecule has 2 aromatic heterocycles. The Kier molecular flexibility index (Phi) is 5.06. The summed E-state index contributed by atoms with van der Waals surface area (Å²) in [4.78, 5) is 8.85. The van der Waals surface area contributed by atoms with Crippen LogP contribution in [0.1, 0.15) is 16.8 Å². The minimum absolute atomic E-state index is 0.00207. The molecule has 0 spiro atoms. The minimum atomic E-state index is -3.97. The summed E-state index contributed by atoms with van der Waals surface area (Å²) in [5.74, 6) is 0.0845. The average molecular weight is 426 g/mol. The molecule has 4 aromatic rings. The van der Waals surface area contributed by atoms with Gasteiger partial charge in [0.25, 0.3) is 10.0 Å². The van der Waals surface area contributed by atoms with Crippen molar-refractivity contribution in [2.24, 2.45) is 0 Å². The summed E-state index contributed by atoms with van der Waals surface area (Å²) in [6.45, 7) is 3.87. The number of fused-ring (bicyclic) bond motifs is 1. The number of hydrogen-bond donors (Lipinski definition) is 0. The third-order valence-electron chi connectivity index (χ3n) is 4.82. The summed E-state index contributed by atoms with van der Waals surface area (Å²) >= 11 is 0. The summed E-state index contributed by atoms with van der Waals surface area (Å²) in [5.41, 5.74) is 3.52. The van der Waals surface area contributed by atoms with Gasteiger partial charge >= 0.3 is 0 Å². The van der Waals surface area contributed by atoms with Crippen LogP contribution in [0.5, 0.6) is 0 Å². The monoisotopic (exact) mass is 425 g/mol. The Morgan fingerprint density at radius 1 is 0.966 bits per heavy atom. The molecule has 0 aliphatic rings. The zero-order valence-corrected chi connectivity index (χ0v) is 17.6. The number of nitrogens with zero attached hydrogens (tertiary/aromatic N) is 3. The van der Waals surface area contributed by atoms with Gasteiger partial charge in [0, 0.05) is 6.20 Å². The number of aryl methyl sites for hydroxylation is 1. The lowest BCUT2D eigenvalue weighted by molar-refractivity contribution is 0.582. The maximum atomic E-state index is 13.4. The fourth-order valence-corrected chi connectivity index (χ4v) is 6.15. The molecule has 0 saturated heterocycles. The maximum absolute atomic E-state index is 13.4. The highest BCUT2D eigenvalue weighted by molar-refractivity contribution is 7.91. The number of pyridine rings is 1. The Balaban J connectivity index is 1.88. The zero-order chi connectivity index (χ0) is 20.6. The fourth-order valence-electron chi connectivity index (χ4n) is 3.08. The van der Waals surface area contributed by atoms with Crippen molar-refractivity contribution in [1.82, 2.24) is 13.9 Å². The molecule has 1 atom stereocenters. The molecule has 4 rings (SSSR count). The Labute approximate surface area is 171 Å². The molecule has 0 saturated carbocycles. The lowest BCUT2D eigenvalue weighted by atomic mass is 10.1. The maximum Gasteiger partial charge on any atom is 0.270 e. The number of imidazole rings is 1. The van der Waals surface area contributed by atoms with Gasteiger partial charge in [-0.05, 0) is 55.3 Å². The van der Waals surface area contributed by atoms with E-state index < -0.39 is 20.8 Å². The van der Waals surface area contributed by atoms with Gasteiger partial charge in [-0.2, -0.15) is 0 Å². The highest BCUT2D eigenvalue weighted by atomic mass is 32.2. The molecule has 0 aliphatic carbocycles. The molecule has 0 radical (unpaired) electrons. The fraction of sp³-hybridized carbons (Fsp3) is 0.143. The molecule has 2 heterocycles. The Morgan fingerprint density at radius 2 is 1.66 bits per heavy atom. The van der Waals surface area contributed by atoms with E-state index in [1.807, 2.05) is 19.9 Å². The highest BCUT2D eigenvalue weighted by Gasteiger charge is 2.27. The summed E-state index contributed by atoms with van der Waals surface area (Å²) in [6, 6.07) is 16.9. The first-order valence-corrected chi connectivity index (χ1v) is 11.7. The number of aromatic nitrogens is 3. The first-order chi connectivity index (χ1) is 13.9. The van der Waals surface area contributed by atoms with E-state index in [9.17, 15) is 12.6 Å². The lowest BCUT2D eigenvalue weighted by Crippen LogP contribution is -2.17. The molecule has 8 heteroatoms. The third-order valence-corrected chi connectivity index (χ3v) is 7.87. The predicted molar refractivity (Wildman–Crippen MR) is 113 cm³/mol. The second-order valence-electron chi connectivity index (χ2n) is 6.65. The molecule has 148 valence electrons. The SMILES string of the molecule is Cc1ccnc(CS(=O)c2nc3ccccc3n2S(=O)(=O)c2ccccc2)c1C. The second-order valence-corrected chi connectivity index (χ2v) is 9.79. The van der Waals surface area contributed by atoms with Crippen LogP contribution in [0.3, 0.4) is 0 Å². The predicted octanol–water partition coefficient (Wildman–Crippen LogP) is 3.59. The summed E-state index contributed by atoms with van der Waals surface area (Å²) < 4.78 is 41.1. The standard InChI is InChI=1S/C21H19N3O3S2/c1-15-12-13-22-19(16(15)2)14-28(25)21-23-18-10-6-7-11-20(18)24(21)29(26,27)17-8-4-3-5-9-17/h3-13H,14H2,1-2H3. The van der Waals surface area contributed by atoms with Gasteiger partial charge in [-0.1, -0.05) is 30.3 Å². The van der Waals surface area contributed by atoms with Crippen molar-refractivity contribution in [2.75, 3.05) is 0 Å². The van der Waals surface area contributed by atoms with Gasteiger partial charge in [-0.25, -0.2) is 17.4 Å². The molecule has 0 amide bonds. The smallest absolute Gasteiger partial charge is 0.260 e. The largest absolute Gasteiger partial charge is 0.270 e. The molecule has 6 nitrogen and oxygen atoms in total. The van der Waals surface area contributed by atoms with Crippen LogP contribution in [-0.4, -0.2) is 26.6 Å². The summed E-state index contributed by atoms with van der Waals surface area (Å²) in [7, 11) is -5.67. The van der Waals surface area contributed by atoms with E-state index in [0.717, 1.165) is 15.1 Å².